The van der Waals surface area contributed by atoms with Gasteiger partial charge < -0.3 is 24.1 Å². The predicted octanol–water partition coefficient (Wildman–Crippen LogP) is 9.99. The van der Waals surface area contributed by atoms with Gasteiger partial charge in [-0.2, -0.15) is 0 Å². The van der Waals surface area contributed by atoms with Crippen molar-refractivity contribution in [1.82, 2.24) is 15.0 Å². The van der Waals surface area contributed by atoms with Gasteiger partial charge in [0.25, 0.3) is 0 Å². The van der Waals surface area contributed by atoms with Crippen LogP contribution in [0.15, 0.2) is 131 Å². The van der Waals surface area contributed by atoms with E-state index in [1.54, 1.807) is 0 Å². The molecule has 0 aliphatic heterocycles. The van der Waals surface area contributed by atoms with Crippen molar-refractivity contribution in [3.8, 4) is 40.1 Å². The molecule has 0 bridgehead atoms. The van der Waals surface area contributed by atoms with Crippen LogP contribution in [0.3, 0.4) is 0 Å². The van der Waals surface area contributed by atoms with Crippen molar-refractivity contribution >= 4 is 61.6 Å². The number of phenolic OH excluding ortho intramolecular Hbond substituents is 1. The molecule has 9 rings (SSSR count). The fraction of sp³-hybridized carbons (Fsp3) is 0. The summed E-state index contributed by atoms with van der Waals surface area (Å²) in [5, 5.41) is 10.0. The molecule has 19 heteroatoms. The van der Waals surface area contributed by atoms with Gasteiger partial charge in [0.05, 0.1) is 26.3 Å². The lowest BCUT2D eigenvalue weighted by molar-refractivity contribution is 0.474. The van der Waals surface area contributed by atoms with E-state index in [1.165, 1.54) is 66.7 Å². The summed E-state index contributed by atoms with van der Waals surface area (Å²) < 4.78 is 96.8. The van der Waals surface area contributed by atoms with Crippen molar-refractivity contribution < 1.29 is 44.7 Å². The first-order valence-electron chi connectivity index (χ1n) is 17.1. The smallest absolute Gasteiger partial charge is 0.348 e. The summed E-state index contributed by atoms with van der Waals surface area (Å²) >= 11 is 11.8. The summed E-state index contributed by atoms with van der Waals surface area (Å²) in [5.41, 5.74) is 2.15. The lowest BCUT2D eigenvalue weighted by Crippen LogP contribution is -2.05. The number of para-hydroxylation sites is 1. The molecule has 0 saturated heterocycles. The van der Waals surface area contributed by atoms with E-state index in [0.29, 0.717) is 5.69 Å². The largest absolute Gasteiger partial charge is 0.506 e. The number of anilines is 1. The highest BCUT2D eigenvalue weighted by Gasteiger charge is 2.21. The number of phenols is 1. The van der Waals surface area contributed by atoms with E-state index >= 15 is 0 Å². The van der Waals surface area contributed by atoms with E-state index in [4.69, 9.17) is 42.2 Å². The third-order valence-corrected chi connectivity index (χ3v) is 9.12. The highest BCUT2D eigenvalue weighted by Crippen LogP contribution is 2.31. The molecule has 0 fully saturated rings. The van der Waals surface area contributed by atoms with Crippen molar-refractivity contribution in [2.24, 2.45) is 0 Å². The maximum Gasteiger partial charge on any atom is 0.348 e. The Hall–Kier alpha value is -7.50. The van der Waals surface area contributed by atoms with Crippen molar-refractivity contribution in [2.45, 2.75) is 0 Å². The average Bonchev–Trinajstić information content (AvgIpc) is 3.20. The standard InChI is InChI=1S/C14H5Cl2F2NO2.C14H8F2N2O2.C14H7F2NO3/c15-6-4-5-7(16)12-10(6)14(20)21-13(19-12)11-8(17)2-1-3-9(11)18;15-9-2-1-3-10(16)12(9)13-18-11-5-4-7(17)6-8(11)14(19)20-13;15-8-4-2-5-9(16)11(8)13-17-12-7(14(19)20-13)3-1-6-10(12)18/h1-5H;1-6H,17H2;1-6,18H. The zero-order chi connectivity index (χ0) is 43.7. The minimum absolute atomic E-state index is 0.0260. The van der Waals surface area contributed by atoms with Crippen LogP contribution < -0.4 is 22.6 Å². The summed E-state index contributed by atoms with van der Waals surface area (Å²) in [4.78, 5) is 47.3. The Kier molecular flexibility index (Phi) is 11.6. The second-order valence-corrected chi connectivity index (χ2v) is 13.2. The first kappa shape index (κ1) is 41.7. The number of halogens is 8. The van der Waals surface area contributed by atoms with Crippen molar-refractivity contribution in [3.05, 3.63) is 179 Å². The van der Waals surface area contributed by atoms with Gasteiger partial charge in [-0.15, -0.1) is 0 Å². The topological polar surface area (TPSA) is 176 Å². The molecule has 0 saturated carbocycles. The Bertz CT molecular complexity index is 3300. The molecule has 0 radical (unpaired) electrons. The minimum Gasteiger partial charge on any atom is -0.506 e. The highest BCUT2D eigenvalue weighted by atomic mass is 35.5. The van der Waals surface area contributed by atoms with Gasteiger partial charge in [0.1, 0.15) is 73.8 Å². The van der Waals surface area contributed by atoms with Gasteiger partial charge in [-0.1, -0.05) is 47.5 Å². The Labute approximate surface area is 345 Å². The highest BCUT2D eigenvalue weighted by molar-refractivity contribution is 6.39. The minimum atomic E-state index is -0.907. The summed E-state index contributed by atoms with van der Waals surface area (Å²) in [6.45, 7) is 0. The third-order valence-electron chi connectivity index (χ3n) is 8.50. The van der Waals surface area contributed by atoms with Crippen molar-refractivity contribution in [1.29, 1.82) is 0 Å². The molecular formula is C42H20Cl2F6N4O7. The van der Waals surface area contributed by atoms with Crippen molar-refractivity contribution in [2.75, 3.05) is 5.73 Å². The Balaban J connectivity index is 0.000000138. The Morgan fingerprint density at radius 1 is 0.492 bits per heavy atom. The molecule has 3 aromatic heterocycles. The van der Waals surface area contributed by atoms with E-state index in [-0.39, 0.29) is 48.5 Å². The van der Waals surface area contributed by atoms with E-state index in [2.05, 4.69) is 15.0 Å². The van der Waals surface area contributed by atoms with Crippen LogP contribution in [-0.2, 0) is 0 Å². The van der Waals surface area contributed by atoms with Gasteiger partial charge in [-0.05, 0) is 78.9 Å². The molecule has 0 amide bonds. The molecule has 306 valence electrons. The summed E-state index contributed by atoms with van der Waals surface area (Å²) in [6.07, 6.45) is 0. The number of aromatic hydroxyl groups is 1. The maximum atomic E-state index is 13.7. The number of benzene rings is 6. The van der Waals surface area contributed by atoms with Crippen LogP contribution in [0.4, 0.5) is 32.0 Å². The predicted molar refractivity (Wildman–Crippen MR) is 213 cm³/mol. The molecule has 0 aliphatic rings. The zero-order valence-electron chi connectivity index (χ0n) is 30.2. The van der Waals surface area contributed by atoms with Crippen LogP contribution >= 0.6 is 23.2 Å². The zero-order valence-corrected chi connectivity index (χ0v) is 31.7. The molecule has 11 nitrogen and oxygen atoms in total. The van der Waals surface area contributed by atoms with Crippen LogP contribution in [-0.4, -0.2) is 20.1 Å². The van der Waals surface area contributed by atoms with Crippen LogP contribution in [0.25, 0.3) is 67.1 Å². The summed E-state index contributed by atoms with van der Waals surface area (Å²) in [5.74, 6) is -6.99. The molecule has 6 aromatic carbocycles. The van der Waals surface area contributed by atoms with Crippen LogP contribution in [0.1, 0.15) is 0 Å². The van der Waals surface area contributed by atoms with Crippen molar-refractivity contribution in [3.63, 3.8) is 0 Å². The number of aromatic nitrogens is 3. The molecule has 9 aromatic rings. The van der Waals surface area contributed by atoms with Gasteiger partial charge in [0.2, 0.25) is 17.7 Å². The molecule has 0 aliphatic carbocycles. The Morgan fingerprint density at radius 2 is 0.918 bits per heavy atom. The second-order valence-electron chi connectivity index (χ2n) is 12.4. The number of fused-ring (bicyclic) bond motifs is 3. The van der Waals surface area contributed by atoms with Crippen LogP contribution in [0.5, 0.6) is 5.75 Å². The van der Waals surface area contributed by atoms with E-state index in [0.717, 1.165) is 36.4 Å². The van der Waals surface area contributed by atoms with Gasteiger partial charge in [-0.3, -0.25) is 0 Å². The quantitative estimate of drug-likeness (QED) is 0.128. The molecular weight excluding hydrogens is 857 g/mol. The van der Waals surface area contributed by atoms with Gasteiger partial charge >= 0.3 is 16.9 Å². The number of hydrogen-bond donors (Lipinski definition) is 2. The van der Waals surface area contributed by atoms with Crippen LogP contribution in [0, 0.1) is 34.9 Å². The van der Waals surface area contributed by atoms with E-state index < -0.39 is 86.1 Å². The average molecular weight is 878 g/mol. The van der Waals surface area contributed by atoms with E-state index in [9.17, 15) is 45.8 Å². The van der Waals surface area contributed by atoms with Gasteiger partial charge in [-0.25, -0.2) is 55.7 Å². The lowest BCUT2D eigenvalue weighted by atomic mass is 10.2. The molecule has 0 spiro atoms. The van der Waals surface area contributed by atoms with Crippen LogP contribution in [0.2, 0.25) is 10.0 Å². The Morgan fingerprint density at radius 3 is 1.44 bits per heavy atom. The molecule has 3 heterocycles. The van der Waals surface area contributed by atoms with Gasteiger partial charge in [0.15, 0.2) is 0 Å². The SMILES string of the molecule is Nc1ccc2nc(-c3c(F)cccc3F)oc(=O)c2c1.O=c1oc(-c2c(F)cccc2F)nc2c(Cl)ccc(Cl)c12.O=c1oc(-c2c(F)cccc2F)nc2c(O)cccc12. The summed E-state index contributed by atoms with van der Waals surface area (Å²) in [7, 11) is 0. The number of nitrogens with zero attached hydrogens (tertiary/aromatic N) is 3. The first-order valence-corrected chi connectivity index (χ1v) is 17.8. The summed E-state index contributed by atoms with van der Waals surface area (Å²) in [6, 6.07) is 21.3. The fourth-order valence-corrected chi connectivity index (χ4v) is 6.13. The molecule has 0 atom stereocenters. The number of nitrogens with two attached hydrogens (primary N) is 1. The first-order chi connectivity index (χ1) is 29.1. The fourth-order valence-electron chi connectivity index (χ4n) is 5.71. The molecule has 61 heavy (non-hydrogen) atoms. The number of nitrogen functional groups attached to an aromatic ring is 1. The normalized spacial score (nSPS) is 11.0. The molecule has 0 unspecified atom stereocenters. The molecule has 3 N–H and O–H groups in total. The number of rotatable bonds is 3. The maximum absolute atomic E-state index is 13.7. The third kappa shape index (κ3) is 8.37. The van der Waals surface area contributed by atoms with E-state index in [1.807, 2.05) is 0 Å². The van der Waals surface area contributed by atoms with Gasteiger partial charge in [0, 0.05) is 5.69 Å². The number of hydrogen-bond acceptors (Lipinski definition) is 11. The monoisotopic (exact) mass is 876 g/mol. The second kappa shape index (κ2) is 17.0. The lowest BCUT2D eigenvalue weighted by Gasteiger charge is -2.05.